The Kier molecular flexibility index (Phi) is 12.9. The van der Waals surface area contributed by atoms with E-state index in [4.69, 9.17) is 4.74 Å². The van der Waals surface area contributed by atoms with Crippen molar-refractivity contribution < 1.29 is 4.74 Å². The number of unbranched alkanes of at least 4 members (excludes halogenated alkanes) is 11. The van der Waals surface area contributed by atoms with Gasteiger partial charge >= 0.3 is 0 Å². The Morgan fingerprint density at radius 2 is 1.37 bits per heavy atom. The van der Waals surface area contributed by atoms with Crippen molar-refractivity contribution >= 4 is 0 Å². The molecule has 0 bridgehead atoms. The van der Waals surface area contributed by atoms with Crippen molar-refractivity contribution in [3.8, 4) is 17.0 Å². The van der Waals surface area contributed by atoms with Gasteiger partial charge in [0.25, 0.3) is 0 Å². The van der Waals surface area contributed by atoms with Gasteiger partial charge in [-0.15, -0.1) is 0 Å². The molecular weight excluding hydrogens is 368 g/mol. The number of hydrogen-bond acceptors (Lipinski definition) is 3. The minimum Gasteiger partial charge on any atom is -0.493 e. The summed E-state index contributed by atoms with van der Waals surface area (Å²) < 4.78 is 6.18. The fourth-order valence-electron chi connectivity index (χ4n) is 3.91. The van der Waals surface area contributed by atoms with Gasteiger partial charge in [0.1, 0.15) is 12.1 Å². The summed E-state index contributed by atoms with van der Waals surface area (Å²) in [6.45, 7) is 5.31. The molecule has 0 atom stereocenters. The Morgan fingerprint density at radius 1 is 0.733 bits per heavy atom. The number of rotatable bonds is 17. The second-order valence-corrected chi connectivity index (χ2v) is 8.38. The zero-order chi connectivity index (χ0) is 21.3. The van der Waals surface area contributed by atoms with E-state index in [0.717, 1.165) is 36.5 Å². The lowest BCUT2D eigenvalue weighted by molar-refractivity contribution is 0.305. The van der Waals surface area contributed by atoms with Crippen molar-refractivity contribution in [2.45, 2.75) is 104 Å². The molecule has 0 aliphatic carbocycles. The van der Waals surface area contributed by atoms with Crippen LogP contribution in [0.15, 0.2) is 36.8 Å². The van der Waals surface area contributed by atoms with Gasteiger partial charge in [-0.05, 0) is 37.0 Å². The maximum absolute atomic E-state index is 6.18. The summed E-state index contributed by atoms with van der Waals surface area (Å²) in [5.41, 5.74) is 3.37. The minimum absolute atomic E-state index is 0.780. The van der Waals surface area contributed by atoms with Gasteiger partial charge in [-0.3, -0.25) is 0 Å². The van der Waals surface area contributed by atoms with Crippen LogP contribution < -0.4 is 4.74 Å². The van der Waals surface area contributed by atoms with Crippen LogP contribution in [0.25, 0.3) is 11.3 Å². The molecule has 0 amide bonds. The summed E-state index contributed by atoms with van der Waals surface area (Å²) >= 11 is 0. The standard InChI is InChI=1S/C27H42N2O/c1-3-5-7-9-11-13-17-21-30-26-20-16-15-19-25(26)27-24(22-28-23-29-27)18-14-12-10-8-6-4-2/h15-16,19-20,22-23H,3-14,17-18,21H2,1-2H3. The Bertz CT molecular complexity index is 686. The van der Waals surface area contributed by atoms with Gasteiger partial charge in [0.2, 0.25) is 0 Å². The number of ether oxygens (including phenoxy) is 1. The molecule has 0 unspecified atom stereocenters. The minimum atomic E-state index is 0.780. The third-order valence-corrected chi connectivity index (χ3v) is 5.74. The van der Waals surface area contributed by atoms with Crippen LogP contribution in [0, 0.1) is 0 Å². The third-order valence-electron chi connectivity index (χ3n) is 5.74. The topological polar surface area (TPSA) is 35.0 Å². The summed E-state index contributed by atoms with van der Waals surface area (Å²) in [4.78, 5) is 8.93. The monoisotopic (exact) mass is 410 g/mol. The molecule has 0 spiro atoms. The molecule has 0 saturated heterocycles. The van der Waals surface area contributed by atoms with Crippen LogP contribution in [0.3, 0.4) is 0 Å². The highest BCUT2D eigenvalue weighted by Gasteiger charge is 2.12. The molecule has 1 aromatic carbocycles. The average molecular weight is 411 g/mol. The zero-order valence-electron chi connectivity index (χ0n) is 19.4. The number of aryl methyl sites for hydroxylation is 1. The molecule has 0 aliphatic rings. The maximum atomic E-state index is 6.18. The van der Waals surface area contributed by atoms with Crippen LogP contribution >= 0.6 is 0 Å². The van der Waals surface area contributed by atoms with Crippen molar-refractivity contribution in [3.63, 3.8) is 0 Å². The van der Waals surface area contributed by atoms with Gasteiger partial charge < -0.3 is 4.74 Å². The number of benzene rings is 1. The predicted molar refractivity (Wildman–Crippen MR) is 128 cm³/mol. The number of nitrogens with zero attached hydrogens (tertiary/aromatic N) is 2. The maximum Gasteiger partial charge on any atom is 0.128 e. The second kappa shape index (κ2) is 15.9. The predicted octanol–water partition coefficient (Wildman–Crippen LogP) is 8.18. The van der Waals surface area contributed by atoms with E-state index in [0.29, 0.717) is 0 Å². The molecule has 0 saturated carbocycles. The van der Waals surface area contributed by atoms with Crippen LogP contribution in [-0.2, 0) is 6.42 Å². The number of hydrogen-bond donors (Lipinski definition) is 0. The Labute approximate surface area is 184 Å². The van der Waals surface area contributed by atoms with E-state index >= 15 is 0 Å². The first-order chi connectivity index (χ1) is 14.9. The van der Waals surface area contributed by atoms with Crippen molar-refractivity contribution in [3.05, 3.63) is 42.4 Å². The molecule has 30 heavy (non-hydrogen) atoms. The molecular formula is C27H42N2O. The molecule has 0 fully saturated rings. The highest BCUT2D eigenvalue weighted by molar-refractivity contribution is 5.69. The van der Waals surface area contributed by atoms with E-state index in [9.17, 15) is 0 Å². The lowest BCUT2D eigenvalue weighted by Crippen LogP contribution is -2.01. The SMILES string of the molecule is CCCCCCCCCOc1ccccc1-c1ncncc1CCCCCCCC. The van der Waals surface area contributed by atoms with E-state index < -0.39 is 0 Å². The highest BCUT2D eigenvalue weighted by atomic mass is 16.5. The van der Waals surface area contributed by atoms with Gasteiger partial charge in [-0.25, -0.2) is 9.97 Å². The molecule has 2 aromatic rings. The van der Waals surface area contributed by atoms with E-state index in [2.05, 4.69) is 48.1 Å². The molecule has 0 N–H and O–H groups in total. The van der Waals surface area contributed by atoms with Crippen LogP contribution in [0.1, 0.15) is 103 Å². The summed E-state index contributed by atoms with van der Waals surface area (Å²) in [6.07, 6.45) is 21.6. The highest BCUT2D eigenvalue weighted by Crippen LogP contribution is 2.31. The molecule has 0 aliphatic heterocycles. The molecule has 1 aromatic heterocycles. The Morgan fingerprint density at radius 3 is 2.10 bits per heavy atom. The molecule has 3 nitrogen and oxygen atoms in total. The summed E-state index contributed by atoms with van der Waals surface area (Å²) in [5, 5.41) is 0. The van der Waals surface area contributed by atoms with Crippen molar-refractivity contribution in [2.24, 2.45) is 0 Å². The van der Waals surface area contributed by atoms with E-state index in [-0.39, 0.29) is 0 Å². The molecule has 166 valence electrons. The quantitative estimate of drug-likeness (QED) is 0.247. The van der Waals surface area contributed by atoms with Gasteiger partial charge in [-0.2, -0.15) is 0 Å². The van der Waals surface area contributed by atoms with Gasteiger partial charge in [-0.1, -0.05) is 96.6 Å². The molecule has 2 rings (SSSR count). The Balaban J connectivity index is 1.87. The first kappa shape index (κ1) is 24.4. The van der Waals surface area contributed by atoms with Crippen LogP contribution in [0.5, 0.6) is 5.75 Å². The lowest BCUT2D eigenvalue weighted by atomic mass is 10.0. The molecule has 0 radical (unpaired) electrons. The fraction of sp³-hybridized carbons (Fsp3) is 0.630. The molecule has 1 heterocycles. The van der Waals surface area contributed by atoms with Crippen LogP contribution in [0.4, 0.5) is 0 Å². The second-order valence-electron chi connectivity index (χ2n) is 8.38. The largest absolute Gasteiger partial charge is 0.493 e. The van der Waals surface area contributed by atoms with Gasteiger partial charge in [0.05, 0.1) is 12.3 Å². The summed E-state index contributed by atoms with van der Waals surface area (Å²) in [7, 11) is 0. The summed E-state index contributed by atoms with van der Waals surface area (Å²) in [5.74, 6) is 0.950. The fourth-order valence-corrected chi connectivity index (χ4v) is 3.91. The van der Waals surface area contributed by atoms with E-state index in [1.807, 2.05) is 6.20 Å². The first-order valence-electron chi connectivity index (χ1n) is 12.4. The van der Waals surface area contributed by atoms with Crippen molar-refractivity contribution in [2.75, 3.05) is 6.61 Å². The van der Waals surface area contributed by atoms with Crippen LogP contribution in [0.2, 0.25) is 0 Å². The average Bonchev–Trinajstić information content (AvgIpc) is 2.78. The van der Waals surface area contributed by atoms with E-state index in [1.54, 1.807) is 6.33 Å². The molecule has 3 heteroatoms. The van der Waals surface area contributed by atoms with Crippen molar-refractivity contribution in [1.29, 1.82) is 0 Å². The van der Waals surface area contributed by atoms with E-state index in [1.165, 1.54) is 82.6 Å². The first-order valence-corrected chi connectivity index (χ1v) is 12.4. The lowest BCUT2D eigenvalue weighted by Gasteiger charge is -2.13. The summed E-state index contributed by atoms with van der Waals surface area (Å²) in [6, 6.07) is 8.34. The Hall–Kier alpha value is -1.90. The zero-order valence-corrected chi connectivity index (χ0v) is 19.4. The number of aromatic nitrogens is 2. The number of para-hydroxylation sites is 1. The normalized spacial score (nSPS) is 11.0. The van der Waals surface area contributed by atoms with Crippen molar-refractivity contribution in [1.82, 2.24) is 9.97 Å². The third kappa shape index (κ3) is 9.28. The smallest absolute Gasteiger partial charge is 0.128 e. The van der Waals surface area contributed by atoms with Gasteiger partial charge in [0.15, 0.2) is 0 Å². The van der Waals surface area contributed by atoms with Gasteiger partial charge in [0, 0.05) is 11.8 Å². The van der Waals surface area contributed by atoms with Crippen LogP contribution in [-0.4, -0.2) is 16.6 Å².